The second-order valence-electron chi connectivity index (χ2n) is 5.69. The molecule has 1 aliphatic heterocycles. The van der Waals surface area contributed by atoms with Gasteiger partial charge in [-0.25, -0.2) is 0 Å². The Balaban J connectivity index is 2.56. The molecule has 1 aliphatic rings. The molecule has 0 aliphatic carbocycles. The normalized spacial score (nSPS) is 21.0. The summed E-state index contributed by atoms with van der Waals surface area (Å²) in [5.74, 6) is 0.435. The van der Waals surface area contributed by atoms with E-state index in [2.05, 4.69) is 58.0 Å². The lowest BCUT2D eigenvalue weighted by Gasteiger charge is -2.31. The Labute approximate surface area is 104 Å². The predicted molar refractivity (Wildman–Crippen MR) is 71.2 cm³/mol. The molecule has 1 unspecified atom stereocenters. The maximum absolute atomic E-state index is 5.46. The van der Waals surface area contributed by atoms with E-state index in [0.717, 1.165) is 11.4 Å². The lowest BCUT2D eigenvalue weighted by atomic mass is 9.74. The zero-order valence-electron chi connectivity index (χ0n) is 11.3. The van der Waals surface area contributed by atoms with Crippen LogP contribution < -0.4 is 5.06 Å². The summed E-state index contributed by atoms with van der Waals surface area (Å²) in [5.41, 5.74) is 3.88. The molecule has 0 fully saturated rings. The number of hydrogen-bond donors (Lipinski definition) is 0. The molecule has 0 aromatic heterocycles. The molecule has 17 heavy (non-hydrogen) atoms. The van der Waals surface area contributed by atoms with E-state index in [1.165, 1.54) is 5.56 Å². The molecule has 1 aromatic rings. The van der Waals surface area contributed by atoms with Gasteiger partial charge in [0.25, 0.3) is 0 Å². The Hall–Kier alpha value is -1.12. The summed E-state index contributed by atoms with van der Waals surface area (Å²) in [6.07, 6.45) is 2.30. The summed E-state index contributed by atoms with van der Waals surface area (Å²) >= 11 is 0. The zero-order chi connectivity index (χ0) is 12.6. The number of benzene rings is 1. The van der Waals surface area contributed by atoms with Crippen LogP contribution in [-0.2, 0) is 4.84 Å². The van der Waals surface area contributed by atoms with Gasteiger partial charge >= 0.3 is 0 Å². The largest absolute Gasteiger partial charge is 0.229 e. The molecule has 2 nitrogen and oxygen atoms in total. The third-order valence-electron chi connectivity index (χ3n) is 3.33. The summed E-state index contributed by atoms with van der Waals surface area (Å²) in [6.45, 7) is 8.93. The van der Waals surface area contributed by atoms with Crippen LogP contribution in [-0.4, -0.2) is 7.11 Å². The van der Waals surface area contributed by atoms with Crippen LogP contribution in [0.3, 0.4) is 0 Å². The Bertz CT molecular complexity index is 442. The minimum Gasteiger partial charge on any atom is -0.140 e. The minimum absolute atomic E-state index is 0.219. The number of fused-ring (bicyclic) bond motifs is 1. The first-order chi connectivity index (χ1) is 7.95. The number of hydroxylamine groups is 1. The molecule has 1 radical (unpaired) electrons. The van der Waals surface area contributed by atoms with Crippen LogP contribution in [0.1, 0.15) is 39.2 Å². The second kappa shape index (κ2) is 4.28. The van der Waals surface area contributed by atoms with Crippen molar-refractivity contribution in [2.24, 2.45) is 5.41 Å². The molecule has 2 rings (SSSR count). The van der Waals surface area contributed by atoms with E-state index in [0.29, 0.717) is 5.92 Å². The molecule has 1 heterocycles. The Morgan fingerprint density at radius 1 is 1.18 bits per heavy atom. The fraction of sp³-hybridized carbons (Fsp3) is 0.467. The molecule has 2 heteroatoms. The van der Waals surface area contributed by atoms with Crippen LogP contribution in [0.25, 0.3) is 0 Å². The number of hydrogen-bond acceptors (Lipinski definition) is 2. The average Bonchev–Trinajstić information content (AvgIpc) is 2.27. The monoisotopic (exact) mass is 231 g/mol. The lowest BCUT2D eigenvalue weighted by molar-refractivity contribution is 0.0348. The molecule has 0 bridgehead atoms. The van der Waals surface area contributed by atoms with Crippen molar-refractivity contribution in [2.45, 2.75) is 33.6 Å². The summed E-state index contributed by atoms with van der Waals surface area (Å²) < 4.78 is 0. The summed E-state index contributed by atoms with van der Waals surface area (Å²) in [6, 6.07) is 8.47. The van der Waals surface area contributed by atoms with Crippen molar-refractivity contribution in [3.8, 4) is 0 Å². The van der Waals surface area contributed by atoms with E-state index >= 15 is 0 Å². The van der Waals surface area contributed by atoms with Gasteiger partial charge in [-0.1, -0.05) is 39.0 Å². The predicted octanol–water partition coefficient (Wildman–Crippen LogP) is 4.07. The van der Waals surface area contributed by atoms with Crippen LogP contribution in [0, 0.1) is 5.41 Å². The van der Waals surface area contributed by atoms with E-state index < -0.39 is 0 Å². The van der Waals surface area contributed by atoms with Crippen molar-refractivity contribution < 1.29 is 4.84 Å². The van der Waals surface area contributed by atoms with E-state index in [1.54, 1.807) is 7.11 Å². The molecular formula is C15H21NO+. The fourth-order valence-electron chi connectivity index (χ4n) is 2.48. The van der Waals surface area contributed by atoms with Gasteiger partial charge in [-0.05, 0) is 11.5 Å². The van der Waals surface area contributed by atoms with Crippen LogP contribution >= 0.6 is 0 Å². The quantitative estimate of drug-likeness (QED) is 0.665. The fourth-order valence-corrected chi connectivity index (χ4v) is 2.48. The van der Waals surface area contributed by atoms with Gasteiger partial charge < -0.3 is 0 Å². The maximum Gasteiger partial charge on any atom is 0.229 e. The van der Waals surface area contributed by atoms with Crippen LogP contribution in [0.2, 0.25) is 0 Å². The van der Waals surface area contributed by atoms with Gasteiger partial charge in [-0.3, -0.25) is 0 Å². The van der Waals surface area contributed by atoms with Gasteiger partial charge in [0.05, 0.1) is 5.06 Å². The molecule has 0 amide bonds. The molecule has 91 valence electrons. The molecule has 0 saturated carbocycles. The first kappa shape index (κ1) is 12.3. The third-order valence-corrected chi connectivity index (χ3v) is 3.33. The highest BCUT2D eigenvalue weighted by Gasteiger charge is 2.39. The molecular weight excluding hydrogens is 210 g/mol. The second-order valence-corrected chi connectivity index (χ2v) is 5.69. The highest BCUT2D eigenvalue weighted by atomic mass is 16.7. The number of para-hydroxylation sites is 1. The summed E-state index contributed by atoms with van der Waals surface area (Å²) in [5, 5.41) is 1.90. The Morgan fingerprint density at radius 2 is 1.82 bits per heavy atom. The molecule has 0 spiro atoms. The van der Waals surface area contributed by atoms with Crippen LogP contribution in [0.4, 0.5) is 5.69 Å². The minimum atomic E-state index is 0.219. The number of anilines is 1. The third kappa shape index (κ3) is 2.15. The first-order valence-electron chi connectivity index (χ1n) is 6.06. The smallest absolute Gasteiger partial charge is 0.140 e. The highest BCUT2D eigenvalue weighted by molar-refractivity contribution is 5.55. The number of nitrogens with zero attached hydrogens (tertiary/aromatic N) is 1. The maximum atomic E-state index is 5.46. The number of rotatable bonds is 1. The van der Waals surface area contributed by atoms with Crippen LogP contribution in [0.15, 0.2) is 36.0 Å². The van der Waals surface area contributed by atoms with Gasteiger partial charge in [-0.15, -0.1) is 4.84 Å². The summed E-state index contributed by atoms with van der Waals surface area (Å²) in [7, 11) is 1.71. The highest BCUT2D eigenvalue weighted by Crippen LogP contribution is 2.44. The van der Waals surface area contributed by atoms with Gasteiger partial charge in [-0.2, -0.15) is 0 Å². The average molecular weight is 231 g/mol. The van der Waals surface area contributed by atoms with Crippen LogP contribution in [0.5, 0.6) is 0 Å². The van der Waals surface area contributed by atoms with Crippen molar-refractivity contribution in [1.29, 1.82) is 0 Å². The molecule has 1 atom stereocenters. The zero-order valence-corrected chi connectivity index (χ0v) is 11.3. The van der Waals surface area contributed by atoms with Gasteiger partial charge in [0.15, 0.2) is 5.70 Å². The number of allylic oxidation sites excluding steroid dienone is 2. The Kier molecular flexibility index (Phi) is 3.11. The Morgan fingerprint density at radius 3 is 2.41 bits per heavy atom. The molecule has 0 N–H and O–H groups in total. The van der Waals surface area contributed by atoms with Crippen molar-refractivity contribution in [3.63, 3.8) is 0 Å². The van der Waals surface area contributed by atoms with Crippen molar-refractivity contribution in [3.05, 3.63) is 41.6 Å². The first-order valence-corrected chi connectivity index (χ1v) is 6.06. The lowest BCUT2D eigenvalue weighted by Crippen LogP contribution is -2.30. The van der Waals surface area contributed by atoms with E-state index in [1.807, 2.05) is 5.06 Å². The van der Waals surface area contributed by atoms with E-state index in [9.17, 15) is 0 Å². The van der Waals surface area contributed by atoms with Crippen molar-refractivity contribution in [2.75, 3.05) is 7.11 Å². The molecule has 0 saturated heterocycles. The van der Waals surface area contributed by atoms with Gasteiger partial charge in [0.1, 0.15) is 7.11 Å². The molecule has 1 aromatic carbocycles. The SMILES string of the molecule is CO[N+]1C(C)=CC(C(C)(C)C)c2ccccc21. The standard InChI is InChI=1S/C15H21NO/c1-11-10-13(15(2,3)4)12-8-6-7-9-14(12)16(11)17-5/h6-10,13H,1-5H3/q+1. The van der Waals surface area contributed by atoms with Gasteiger partial charge in [0, 0.05) is 24.5 Å². The van der Waals surface area contributed by atoms with E-state index in [4.69, 9.17) is 4.84 Å². The van der Waals surface area contributed by atoms with E-state index in [-0.39, 0.29) is 5.41 Å². The summed E-state index contributed by atoms with van der Waals surface area (Å²) in [4.78, 5) is 5.46. The topological polar surface area (TPSA) is 15.1 Å². The van der Waals surface area contributed by atoms with Gasteiger partial charge in [0.2, 0.25) is 5.69 Å². The van der Waals surface area contributed by atoms with Crippen molar-refractivity contribution >= 4 is 5.69 Å². The van der Waals surface area contributed by atoms with Crippen molar-refractivity contribution in [1.82, 2.24) is 5.06 Å².